The molecule has 0 unspecified atom stereocenters. The quantitative estimate of drug-likeness (QED) is 0.379. The number of aryl methyl sites for hydroxylation is 2. The number of alkyl halides is 3. The van der Waals surface area contributed by atoms with Gasteiger partial charge in [0.25, 0.3) is 0 Å². The van der Waals surface area contributed by atoms with Gasteiger partial charge in [-0.05, 0) is 56.5 Å². The highest BCUT2D eigenvalue weighted by Crippen LogP contribution is 2.49. The summed E-state index contributed by atoms with van der Waals surface area (Å²) in [6, 6.07) is 5.14. The summed E-state index contributed by atoms with van der Waals surface area (Å²) in [6.45, 7) is 3.60. The minimum absolute atomic E-state index is 0.0180. The van der Waals surface area contributed by atoms with Crippen LogP contribution in [0.4, 0.5) is 24.5 Å². The molecule has 2 heterocycles. The lowest BCUT2D eigenvalue weighted by Gasteiger charge is -2.17. The van der Waals surface area contributed by atoms with E-state index in [1.165, 1.54) is 30.7 Å². The van der Waals surface area contributed by atoms with Crippen molar-refractivity contribution < 1.29 is 22.8 Å². The summed E-state index contributed by atoms with van der Waals surface area (Å²) in [5, 5.41) is 5.56. The molecule has 0 radical (unpaired) electrons. The van der Waals surface area contributed by atoms with Crippen LogP contribution >= 0.6 is 11.6 Å². The Morgan fingerprint density at radius 1 is 1.06 bits per heavy atom. The van der Waals surface area contributed by atoms with E-state index in [1.54, 1.807) is 19.9 Å². The molecule has 0 atom stereocenters. The Balaban J connectivity index is 1.39. The highest BCUT2D eigenvalue weighted by Gasteiger charge is 2.51. The number of halogens is 4. The number of carbonyl (C=O) groups excluding carboxylic acids is 2. The van der Waals surface area contributed by atoms with E-state index in [2.05, 4.69) is 25.6 Å². The van der Waals surface area contributed by atoms with E-state index in [0.29, 0.717) is 41.2 Å². The molecule has 1 aliphatic carbocycles. The molecule has 0 saturated heterocycles. The molecule has 7 nitrogen and oxygen atoms in total. The Hall–Kier alpha value is -3.53. The molecule has 2 aromatic heterocycles. The number of hydrogen-bond acceptors (Lipinski definition) is 6. The first-order valence-electron chi connectivity index (χ1n) is 11.2. The normalized spacial score (nSPS) is 14.3. The van der Waals surface area contributed by atoms with Crippen LogP contribution in [0.5, 0.6) is 0 Å². The van der Waals surface area contributed by atoms with E-state index in [4.69, 9.17) is 11.6 Å². The molecule has 1 aromatic carbocycles. The summed E-state index contributed by atoms with van der Waals surface area (Å²) in [7, 11) is 0. The smallest absolute Gasteiger partial charge is 0.354 e. The summed E-state index contributed by atoms with van der Waals surface area (Å²) in [6.07, 6.45) is 1.03. The molecule has 1 fully saturated rings. The van der Waals surface area contributed by atoms with Crippen LogP contribution in [0.2, 0.25) is 5.02 Å². The lowest BCUT2D eigenvalue weighted by atomic mass is 9.95. The van der Waals surface area contributed by atoms with Crippen molar-refractivity contribution in [3.05, 3.63) is 76.1 Å². The monoisotopic (exact) mass is 517 g/mol. The average molecular weight is 518 g/mol. The number of Topliss-reactive ketones (excluding diaryl/α,β-unsaturated/α-hetero) is 1. The number of rotatable bonds is 8. The van der Waals surface area contributed by atoms with Gasteiger partial charge in [0.1, 0.15) is 5.82 Å². The third kappa shape index (κ3) is 5.81. The van der Waals surface area contributed by atoms with Gasteiger partial charge in [-0.1, -0.05) is 11.6 Å². The predicted molar refractivity (Wildman–Crippen MR) is 128 cm³/mol. The number of hydrogen-bond donors (Lipinski definition) is 2. The summed E-state index contributed by atoms with van der Waals surface area (Å²) in [5.74, 6) is 0.138. The van der Waals surface area contributed by atoms with Crippen molar-refractivity contribution in [2.24, 2.45) is 5.41 Å². The number of amides is 1. The number of pyridine rings is 1. The van der Waals surface area contributed by atoms with Crippen LogP contribution in [0, 0.1) is 19.3 Å². The van der Waals surface area contributed by atoms with Gasteiger partial charge in [-0.3, -0.25) is 14.6 Å². The van der Waals surface area contributed by atoms with Crippen LogP contribution in [-0.2, 0) is 17.5 Å². The maximum Gasteiger partial charge on any atom is 0.418 e. The standard InChI is InChI=1S/C25H23ClF3N5O2/c1-14-7-18(34-20-4-3-17(26)8-19(20)25(27,28)29)12-32-21(14)13-33-23(36)24(5-6-24)9-22(35)16-10-30-15(2)31-11-16/h3-4,7-8,10-12,34H,5-6,9,13H2,1-2H3,(H,33,36). The first-order chi connectivity index (χ1) is 17.0. The first kappa shape index (κ1) is 25.6. The Kier molecular flexibility index (Phi) is 6.99. The van der Waals surface area contributed by atoms with Crippen LogP contribution in [0.15, 0.2) is 42.9 Å². The fourth-order valence-corrected chi connectivity index (χ4v) is 3.98. The zero-order valence-electron chi connectivity index (χ0n) is 19.5. The van der Waals surface area contributed by atoms with Gasteiger partial charge in [-0.2, -0.15) is 13.2 Å². The van der Waals surface area contributed by atoms with Gasteiger partial charge in [0, 0.05) is 23.8 Å². The van der Waals surface area contributed by atoms with Crippen molar-refractivity contribution in [3.8, 4) is 0 Å². The molecule has 3 aromatic rings. The topological polar surface area (TPSA) is 96.9 Å². The highest BCUT2D eigenvalue weighted by molar-refractivity contribution is 6.30. The number of anilines is 2. The minimum Gasteiger partial charge on any atom is -0.354 e. The molecule has 11 heteroatoms. The second kappa shape index (κ2) is 9.85. The van der Waals surface area contributed by atoms with Crippen LogP contribution in [-0.4, -0.2) is 26.6 Å². The van der Waals surface area contributed by atoms with Crippen molar-refractivity contribution in [3.63, 3.8) is 0 Å². The van der Waals surface area contributed by atoms with E-state index in [-0.39, 0.29) is 35.4 Å². The van der Waals surface area contributed by atoms with E-state index >= 15 is 0 Å². The van der Waals surface area contributed by atoms with Crippen molar-refractivity contribution in [1.29, 1.82) is 0 Å². The van der Waals surface area contributed by atoms with Crippen LogP contribution in [0.3, 0.4) is 0 Å². The van der Waals surface area contributed by atoms with Crippen LogP contribution in [0.1, 0.15) is 52.3 Å². The van der Waals surface area contributed by atoms with Gasteiger partial charge in [-0.25, -0.2) is 9.97 Å². The second-order valence-corrected chi connectivity index (χ2v) is 9.32. The molecular formula is C25H23ClF3N5O2. The van der Waals surface area contributed by atoms with Gasteiger partial charge in [0.05, 0.1) is 46.4 Å². The predicted octanol–water partition coefficient (Wildman–Crippen LogP) is 5.57. The zero-order valence-corrected chi connectivity index (χ0v) is 20.3. The Morgan fingerprint density at radius 2 is 1.75 bits per heavy atom. The van der Waals surface area contributed by atoms with Gasteiger partial charge in [0.15, 0.2) is 5.78 Å². The Morgan fingerprint density at radius 3 is 2.36 bits per heavy atom. The van der Waals surface area contributed by atoms with E-state index < -0.39 is 17.2 Å². The van der Waals surface area contributed by atoms with Gasteiger partial charge in [-0.15, -0.1) is 0 Å². The lowest BCUT2D eigenvalue weighted by molar-refractivity contribution is -0.137. The number of ketones is 1. The average Bonchev–Trinajstić information content (AvgIpc) is 3.60. The van der Waals surface area contributed by atoms with Crippen molar-refractivity contribution in [1.82, 2.24) is 20.3 Å². The number of carbonyl (C=O) groups is 2. The van der Waals surface area contributed by atoms with Gasteiger partial charge < -0.3 is 10.6 Å². The molecule has 2 N–H and O–H groups in total. The number of benzene rings is 1. The maximum atomic E-state index is 13.4. The lowest BCUT2D eigenvalue weighted by Crippen LogP contribution is -2.33. The SMILES string of the molecule is Cc1ncc(C(=O)CC2(C(=O)NCc3ncc(Nc4ccc(Cl)cc4C(F)(F)F)cc3C)CC2)cn1. The van der Waals surface area contributed by atoms with Gasteiger partial charge in [0.2, 0.25) is 5.91 Å². The fraction of sp³-hybridized carbons (Fsp3) is 0.320. The molecule has 1 amide bonds. The fourth-order valence-electron chi connectivity index (χ4n) is 3.80. The van der Waals surface area contributed by atoms with Crippen LogP contribution < -0.4 is 10.6 Å². The molecule has 0 aliphatic heterocycles. The summed E-state index contributed by atoms with van der Waals surface area (Å²) >= 11 is 5.73. The molecule has 1 saturated carbocycles. The third-order valence-electron chi connectivity index (χ3n) is 6.11. The highest BCUT2D eigenvalue weighted by atomic mass is 35.5. The molecule has 1 aliphatic rings. The summed E-state index contributed by atoms with van der Waals surface area (Å²) in [5.41, 5.74) is 0.198. The van der Waals surface area contributed by atoms with E-state index in [1.807, 2.05) is 0 Å². The number of nitrogens with one attached hydrogen (secondary N) is 2. The Bertz CT molecular complexity index is 1310. The summed E-state index contributed by atoms with van der Waals surface area (Å²) in [4.78, 5) is 37.8. The zero-order chi connectivity index (χ0) is 26.1. The molecule has 4 rings (SSSR count). The maximum absolute atomic E-state index is 13.4. The molecule has 0 spiro atoms. The third-order valence-corrected chi connectivity index (χ3v) is 6.34. The first-order valence-corrected chi connectivity index (χ1v) is 11.5. The molecule has 0 bridgehead atoms. The van der Waals surface area contributed by atoms with E-state index in [0.717, 1.165) is 6.07 Å². The molecule has 36 heavy (non-hydrogen) atoms. The largest absolute Gasteiger partial charge is 0.418 e. The Labute approximate surface area is 210 Å². The number of nitrogens with zero attached hydrogens (tertiary/aromatic N) is 3. The van der Waals surface area contributed by atoms with E-state index in [9.17, 15) is 22.8 Å². The van der Waals surface area contributed by atoms with Crippen molar-refractivity contribution in [2.75, 3.05) is 5.32 Å². The number of aromatic nitrogens is 3. The van der Waals surface area contributed by atoms with Gasteiger partial charge >= 0.3 is 6.18 Å². The molecule has 188 valence electrons. The van der Waals surface area contributed by atoms with Crippen molar-refractivity contribution >= 4 is 34.7 Å². The summed E-state index contributed by atoms with van der Waals surface area (Å²) < 4.78 is 40.1. The second-order valence-electron chi connectivity index (χ2n) is 8.88. The van der Waals surface area contributed by atoms with Crippen LogP contribution in [0.25, 0.3) is 0 Å². The minimum atomic E-state index is -4.58. The van der Waals surface area contributed by atoms with Crippen molar-refractivity contribution in [2.45, 2.75) is 45.8 Å². The molecular weight excluding hydrogens is 495 g/mol.